The molecule has 0 aromatic heterocycles. The standard InChI is InChI=1S/C17H26N2O6.CH4O/c1-11(2)6-8-25-17(3,4)16(22)18-7-5-12-9-14(20)15(21)10-13(12)19(23)24;1-2/h9-11,20-21H,5-8H2,1-4H3,(H,18,22);2H,1H3. The van der Waals surface area contributed by atoms with E-state index in [4.69, 9.17) is 9.84 Å². The Balaban J connectivity index is 0.00000326. The second-order valence-corrected chi connectivity index (χ2v) is 6.77. The second kappa shape index (κ2) is 11.3. The molecule has 9 nitrogen and oxygen atoms in total. The average molecular weight is 386 g/mol. The van der Waals surface area contributed by atoms with Gasteiger partial charge in [-0.3, -0.25) is 14.9 Å². The summed E-state index contributed by atoms with van der Waals surface area (Å²) in [6.07, 6.45) is 0.980. The number of aromatic hydroxyl groups is 2. The van der Waals surface area contributed by atoms with Crippen molar-refractivity contribution in [2.45, 2.75) is 46.1 Å². The molecule has 0 saturated carbocycles. The summed E-state index contributed by atoms with van der Waals surface area (Å²) in [7, 11) is 1.00. The highest BCUT2D eigenvalue weighted by Crippen LogP contribution is 2.32. The van der Waals surface area contributed by atoms with Crippen LogP contribution in [-0.2, 0) is 16.0 Å². The number of aliphatic hydroxyl groups excluding tert-OH is 1. The van der Waals surface area contributed by atoms with E-state index in [1.165, 1.54) is 0 Å². The fraction of sp³-hybridized carbons (Fsp3) is 0.611. The number of nitrogens with zero attached hydrogens (tertiary/aromatic N) is 1. The fourth-order valence-electron chi connectivity index (χ4n) is 2.12. The Hall–Kier alpha value is -2.39. The summed E-state index contributed by atoms with van der Waals surface area (Å²) in [6.45, 7) is 8.07. The summed E-state index contributed by atoms with van der Waals surface area (Å²) < 4.78 is 5.61. The lowest BCUT2D eigenvalue weighted by Crippen LogP contribution is -2.45. The molecule has 1 aromatic carbocycles. The van der Waals surface area contributed by atoms with Crippen molar-refractivity contribution in [2.24, 2.45) is 5.92 Å². The predicted molar refractivity (Wildman–Crippen MR) is 101 cm³/mol. The molecule has 0 aliphatic carbocycles. The minimum atomic E-state index is -1.00. The maximum atomic E-state index is 12.2. The molecule has 0 fully saturated rings. The van der Waals surface area contributed by atoms with E-state index < -0.39 is 22.0 Å². The fourth-order valence-corrected chi connectivity index (χ4v) is 2.12. The number of aliphatic hydroxyl groups is 1. The molecule has 0 saturated heterocycles. The molecule has 9 heteroatoms. The van der Waals surface area contributed by atoms with Crippen molar-refractivity contribution in [3.8, 4) is 11.5 Å². The summed E-state index contributed by atoms with van der Waals surface area (Å²) in [5, 5.41) is 39.6. The van der Waals surface area contributed by atoms with Crippen molar-refractivity contribution >= 4 is 11.6 Å². The number of amides is 1. The summed E-state index contributed by atoms with van der Waals surface area (Å²) in [6, 6.07) is 2.02. The van der Waals surface area contributed by atoms with Gasteiger partial charge in [-0.05, 0) is 38.7 Å². The summed E-state index contributed by atoms with van der Waals surface area (Å²) in [5.41, 5.74) is -1.09. The van der Waals surface area contributed by atoms with Crippen LogP contribution in [0.1, 0.15) is 39.7 Å². The van der Waals surface area contributed by atoms with Gasteiger partial charge in [0.2, 0.25) is 0 Å². The van der Waals surface area contributed by atoms with Gasteiger partial charge >= 0.3 is 0 Å². The average Bonchev–Trinajstić information content (AvgIpc) is 2.58. The highest BCUT2D eigenvalue weighted by molar-refractivity contribution is 5.84. The van der Waals surface area contributed by atoms with E-state index in [0.717, 1.165) is 25.7 Å². The molecule has 0 spiro atoms. The van der Waals surface area contributed by atoms with E-state index in [0.29, 0.717) is 12.5 Å². The van der Waals surface area contributed by atoms with Gasteiger partial charge in [0.05, 0.1) is 11.0 Å². The van der Waals surface area contributed by atoms with E-state index in [1.54, 1.807) is 13.8 Å². The Morgan fingerprint density at radius 1 is 1.26 bits per heavy atom. The van der Waals surface area contributed by atoms with E-state index in [-0.39, 0.29) is 30.1 Å². The van der Waals surface area contributed by atoms with Crippen LogP contribution in [0.2, 0.25) is 0 Å². The normalized spacial score (nSPS) is 10.9. The lowest BCUT2D eigenvalue weighted by Gasteiger charge is -2.24. The number of phenols is 2. The maximum Gasteiger partial charge on any atom is 0.276 e. The number of carbonyl (C=O) groups is 1. The lowest BCUT2D eigenvalue weighted by molar-refractivity contribution is -0.385. The van der Waals surface area contributed by atoms with Gasteiger partial charge in [0.15, 0.2) is 11.5 Å². The molecule has 0 unspecified atom stereocenters. The van der Waals surface area contributed by atoms with Crippen molar-refractivity contribution in [1.29, 1.82) is 0 Å². The number of hydrogen-bond acceptors (Lipinski definition) is 7. The Morgan fingerprint density at radius 2 is 1.81 bits per heavy atom. The minimum Gasteiger partial charge on any atom is -0.504 e. The monoisotopic (exact) mass is 386 g/mol. The minimum absolute atomic E-state index is 0.137. The second-order valence-electron chi connectivity index (χ2n) is 6.77. The topological polar surface area (TPSA) is 142 Å². The molecular weight excluding hydrogens is 356 g/mol. The molecule has 0 heterocycles. The van der Waals surface area contributed by atoms with Gasteiger partial charge in [-0.1, -0.05) is 13.8 Å². The van der Waals surface area contributed by atoms with Crippen molar-refractivity contribution in [3.63, 3.8) is 0 Å². The quantitative estimate of drug-likeness (QED) is 0.289. The zero-order valence-electron chi connectivity index (χ0n) is 16.5. The Labute approximate surface area is 159 Å². The van der Waals surface area contributed by atoms with Gasteiger partial charge in [-0.25, -0.2) is 0 Å². The molecule has 4 N–H and O–H groups in total. The lowest BCUT2D eigenvalue weighted by atomic mass is 10.1. The Morgan fingerprint density at radius 3 is 2.33 bits per heavy atom. The van der Waals surface area contributed by atoms with E-state index in [2.05, 4.69) is 19.2 Å². The van der Waals surface area contributed by atoms with Gasteiger partial charge < -0.3 is 25.4 Å². The van der Waals surface area contributed by atoms with Gasteiger partial charge in [-0.15, -0.1) is 0 Å². The van der Waals surface area contributed by atoms with Crippen LogP contribution >= 0.6 is 0 Å². The zero-order chi connectivity index (χ0) is 21.2. The first kappa shape index (κ1) is 24.6. The van der Waals surface area contributed by atoms with Gasteiger partial charge in [0, 0.05) is 25.8 Å². The zero-order valence-corrected chi connectivity index (χ0v) is 16.5. The van der Waals surface area contributed by atoms with Crippen LogP contribution in [0.15, 0.2) is 12.1 Å². The third-order valence-corrected chi connectivity index (χ3v) is 3.76. The van der Waals surface area contributed by atoms with Gasteiger partial charge in [-0.2, -0.15) is 0 Å². The molecule has 1 rings (SSSR count). The molecule has 0 atom stereocenters. The number of benzene rings is 1. The van der Waals surface area contributed by atoms with Crippen molar-refractivity contribution in [3.05, 3.63) is 27.8 Å². The van der Waals surface area contributed by atoms with Crippen LogP contribution in [0.3, 0.4) is 0 Å². The summed E-state index contributed by atoms with van der Waals surface area (Å²) in [4.78, 5) is 22.6. The summed E-state index contributed by atoms with van der Waals surface area (Å²) >= 11 is 0. The highest BCUT2D eigenvalue weighted by atomic mass is 16.6. The third kappa shape index (κ3) is 8.23. The first-order valence-corrected chi connectivity index (χ1v) is 8.60. The molecule has 1 aromatic rings. The van der Waals surface area contributed by atoms with Crippen LogP contribution in [0.5, 0.6) is 11.5 Å². The number of rotatable bonds is 9. The van der Waals surface area contributed by atoms with Crippen LogP contribution in [0.4, 0.5) is 5.69 Å². The number of ether oxygens (including phenoxy) is 1. The van der Waals surface area contributed by atoms with Crippen LogP contribution in [-0.4, -0.2) is 52.0 Å². The highest BCUT2D eigenvalue weighted by Gasteiger charge is 2.28. The van der Waals surface area contributed by atoms with E-state index in [1.807, 2.05) is 0 Å². The number of hydrogen-bond donors (Lipinski definition) is 4. The Kier molecular flexibility index (Phi) is 10.3. The summed E-state index contributed by atoms with van der Waals surface area (Å²) in [5.74, 6) is -0.841. The molecule has 27 heavy (non-hydrogen) atoms. The molecule has 0 radical (unpaired) electrons. The first-order valence-electron chi connectivity index (χ1n) is 8.60. The molecule has 0 aliphatic heterocycles. The number of carbonyl (C=O) groups excluding carboxylic acids is 1. The number of nitrogens with one attached hydrogen (secondary N) is 1. The molecular formula is C18H30N2O7. The molecule has 0 bridgehead atoms. The largest absolute Gasteiger partial charge is 0.504 e. The van der Waals surface area contributed by atoms with Crippen molar-refractivity contribution in [2.75, 3.05) is 20.3 Å². The number of nitro benzene ring substituents is 1. The van der Waals surface area contributed by atoms with Gasteiger partial charge in [0.1, 0.15) is 5.60 Å². The van der Waals surface area contributed by atoms with Crippen LogP contribution in [0.25, 0.3) is 0 Å². The molecule has 154 valence electrons. The van der Waals surface area contributed by atoms with Crippen LogP contribution < -0.4 is 5.32 Å². The molecule has 1 amide bonds. The first-order chi connectivity index (χ1) is 12.5. The smallest absolute Gasteiger partial charge is 0.276 e. The number of nitro groups is 1. The maximum absolute atomic E-state index is 12.2. The Bertz CT molecular complexity index is 630. The van der Waals surface area contributed by atoms with Crippen LogP contribution in [0, 0.1) is 16.0 Å². The van der Waals surface area contributed by atoms with Crippen molar-refractivity contribution < 1.29 is 29.8 Å². The van der Waals surface area contributed by atoms with E-state index in [9.17, 15) is 25.1 Å². The number of phenolic OH excluding ortho intramolecular Hbond substituents is 2. The predicted octanol–water partition coefficient (Wildman–Crippen LogP) is 2.11. The third-order valence-electron chi connectivity index (χ3n) is 3.76. The van der Waals surface area contributed by atoms with E-state index >= 15 is 0 Å². The molecule has 0 aliphatic rings. The van der Waals surface area contributed by atoms with Crippen molar-refractivity contribution in [1.82, 2.24) is 5.32 Å². The SMILES string of the molecule is CC(C)CCOC(C)(C)C(=O)NCCc1cc(O)c(O)cc1[N+](=O)[O-].CO. The van der Waals surface area contributed by atoms with Gasteiger partial charge in [0.25, 0.3) is 11.6 Å².